The zero-order chi connectivity index (χ0) is 10.5. The molecule has 0 bridgehead atoms. The van der Waals surface area contributed by atoms with Gasteiger partial charge in [-0.25, -0.2) is 0 Å². The molecular formula is C12H19NO2. The number of rotatable bonds is 3. The molecular weight excluding hydrogens is 190 g/mol. The molecule has 0 aromatic carbocycles. The molecule has 1 aromatic rings. The van der Waals surface area contributed by atoms with Crippen LogP contribution in [0.5, 0.6) is 0 Å². The van der Waals surface area contributed by atoms with Gasteiger partial charge in [-0.3, -0.25) is 0 Å². The summed E-state index contributed by atoms with van der Waals surface area (Å²) < 4.78 is 5.25. The fourth-order valence-electron chi connectivity index (χ4n) is 2.17. The molecule has 0 amide bonds. The van der Waals surface area contributed by atoms with Crippen molar-refractivity contribution in [3.05, 3.63) is 24.2 Å². The molecule has 2 unspecified atom stereocenters. The van der Waals surface area contributed by atoms with E-state index in [2.05, 4.69) is 5.32 Å². The van der Waals surface area contributed by atoms with Crippen molar-refractivity contribution >= 4 is 0 Å². The van der Waals surface area contributed by atoms with Crippen LogP contribution >= 0.6 is 0 Å². The van der Waals surface area contributed by atoms with Gasteiger partial charge in [-0.1, -0.05) is 19.3 Å². The predicted molar refractivity (Wildman–Crippen MR) is 58.4 cm³/mol. The third-order valence-electron chi connectivity index (χ3n) is 3.10. The van der Waals surface area contributed by atoms with Crippen molar-refractivity contribution in [2.24, 2.45) is 0 Å². The lowest BCUT2D eigenvalue weighted by molar-refractivity contribution is 0.118. The van der Waals surface area contributed by atoms with E-state index < -0.39 is 0 Å². The maximum absolute atomic E-state index is 9.88. The second kappa shape index (κ2) is 5.33. The maximum atomic E-state index is 9.88. The highest BCUT2D eigenvalue weighted by molar-refractivity contribution is 4.98. The zero-order valence-corrected chi connectivity index (χ0v) is 8.98. The number of aliphatic hydroxyl groups excluding tert-OH is 1. The van der Waals surface area contributed by atoms with Gasteiger partial charge in [0.05, 0.1) is 18.9 Å². The minimum absolute atomic E-state index is 0.192. The second-order valence-electron chi connectivity index (χ2n) is 4.27. The van der Waals surface area contributed by atoms with Crippen LogP contribution in [-0.4, -0.2) is 17.3 Å². The monoisotopic (exact) mass is 209 g/mol. The Morgan fingerprint density at radius 2 is 2.20 bits per heavy atom. The number of hydrogen-bond acceptors (Lipinski definition) is 3. The number of aliphatic hydroxyl groups is 1. The minimum atomic E-state index is -0.192. The fraction of sp³-hybridized carbons (Fsp3) is 0.667. The van der Waals surface area contributed by atoms with Gasteiger partial charge in [0.2, 0.25) is 0 Å². The molecule has 84 valence electrons. The van der Waals surface area contributed by atoms with Crippen molar-refractivity contribution in [1.29, 1.82) is 0 Å². The van der Waals surface area contributed by atoms with Crippen molar-refractivity contribution in [3.8, 4) is 0 Å². The summed E-state index contributed by atoms with van der Waals surface area (Å²) in [5.74, 6) is 0.937. The van der Waals surface area contributed by atoms with Crippen molar-refractivity contribution in [2.45, 2.75) is 50.8 Å². The molecule has 1 aliphatic rings. The van der Waals surface area contributed by atoms with E-state index in [1.807, 2.05) is 12.1 Å². The molecule has 1 aliphatic carbocycles. The molecule has 1 fully saturated rings. The van der Waals surface area contributed by atoms with Gasteiger partial charge in [-0.15, -0.1) is 0 Å². The lowest BCUT2D eigenvalue weighted by Gasteiger charge is -2.21. The first kappa shape index (κ1) is 10.7. The molecule has 2 atom stereocenters. The van der Waals surface area contributed by atoms with E-state index in [4.69, 9.17) is 4.42 Å². The molecule has 2 rings (SSSR count). The van der Waals surface area contributed by atoms with Crippen LogP contribution in [0.1, 0.15) is 37.9 Å². The molecule has 1 aromatic heterocycles. The highest BCUT2D eigenvalue weighted by Gasteiger charge is 2.20. The SMILES string of the molecule is OC1CCCCCC1NCc1ccco1. The van der Waals surface area contributed by atoms with Gasteiger partial charge in [0.15, 0.2) is 0 Å². The Labute approximate surface area is 90.5 Å². The van der Waals surface area contributed by atoms with Gasteiger partial charge in [-0.05, 0) is 25.0 Å². The Hall–Kier alpha value is -0.800. The average molecular weight is 209 g/mol. The molecule has 0 aliphatic heterocycles. The van der Waals surface area contributed by atoms with Crippen LogP contribution in [0, 0.1) is 0 Å². The summed E-state index contributed by atoms with van der Waals surface area (Å²) in [7, 11) is 0. The smallest absolute Gasteiger partial charge is 0.117 e. The first-order valence-electron chi connectivity index (χ1n) is 5.80. The first-order chi connectivity index (χ1) is 7.36. The standard InChI is InChI=1S/C12H19NO2/c14-12-7-3-1-2-6-11(12)13-9-10-5-4-8-15-10/h4-5,8,11-14H,1-3,6-7,9H2. The van der Waals surface area contributed by atoms with E-state index in [-0.39, 0.29) is 12.1 Å². The lowest BCUT2D eigenvalue weighted by atomic mass is 10.1. The summed E-state index contributed by atoms with van der Waals surface area (Å²) in [6.07, 6.45) is 7.10. The summed E-state index contributed by atoms with van der Waals surface area (Å²) in [4.78, 5) is 0. The van der Waals surface area contributed by atoms with E-state index in [1.54, 1.807) is 6.26 Å². The van der Waals surface area contributed by atoms with Crippen LogP contribution in [0.4, 0.5) is 0 Å². The minimum Gasteiger partial charge on any atom is -0.468 e. The summed E-state index contributed by atoms with van der Waals surface area (Å²) >= 11 is 0. The zero-order valence-electron chi connectivity index (χ0n) is 8.98. The Balaban J connectivity index is 1.81. The van der Waals surface area contributed by atoms with Crippen LogP contribution in [0.3, 0.4) is 0 Å². The summed E-state index contributed by atoms with van der Waals surface area (Å²) in [6, 6.07) is 4.08. The quantitative estimate of drug-likeness (QED) is 0.749. The molecule has 0 spiro atoms. The van der Waals surface area contributed by atoms with Gasteiger partial charge in [0, 0.05) is 6.04 Å². The molecule has 1 saturated carbocycles. The highest BCUT2D eigenvalue weighted by atomic mass is 16.3. The van der Waals surface area contributed by atoms with Gasteiger partial charge >= 0.3 is 0 Å². The van der Waals surface area contributed by atoms with Gasteiger partial charge < -0.3 is 14.8 Å². The van der Waals surface area contributed by atoms with Crippen molar-refractivity contribution in [2.75, 3.05) is 0 Å². The summed E-state index contributed by atoms with van der Waals surface area (Å²) in [5, 5.41) is 13.3. The summed E-state index contributed by atoms with van der Waals surface area (Å²) in [5.41, 5.74) is 0. The van der Waals surface area contributed by atoms with Crippen LogP contribution in [0.2, 0.25) is 0 Å². The number of hydrogen-bond donors (Lipinski definition) is 2. The van der Waals surface area contributed by atoms with Gasteiger partial charge in [-0.2, -0.15) is 0 Å². The highest BCUT2D eigenvalue weighted by Crippen LogP contribution is 2.18. The van der Waals surface area contributed by atoms with Gasteiger partial charge in [0.1, 0.15) is 5.76 Å². The third kappa shape index (κ3) is 3.08. The van der Waals surface area contributed by atoms with Crippen molar-refractivity contribution in [3.63, 3.8) is 0 Å². The topological polar surface area (TPSA) is 45.4 Å². The molecule has 0 saturated heterocycles. The van der Waals surface area contributed by atoms with Gasteiger partial charge in [0.25, 0.3) is 0 Å². The maximum Gasteiger partial charge on any atom is 0.117 e. The van der Waals surface area contributed by atoms with Crippen LogP contribution < -0.4 is 5.32 Å². The van der Waals surface area contributed by atoms with E-state index >= 15 is 0 Å². The lowest BCUT2D eigenvalue weighted by Crippen LogP contribution is -2.38. The molecule has 3 heteroatoms. The van der Waals surface area contributed by atoms with E-state index in [1.165, 1.54) is 12.8 Å². The second-order valence-corrected chi connectivity index (χ2v) is 4.27. The van der Waals surface area contributed by atoms with E-state index in [9.17, 15) is 5.11 Å². The fourth-order valence-corrected chi connectivity index (χ4v) is 2.17. The molecule has 3 nitrogen and oxygen atoms in total. The summed E-state index contributed by atoms with van der Waals surface area (Å²) in [6.45, 7) is 0.717. The Morgan fingerprint density at radius 1 is 1.33 bits per heavy atom. The van der Waals surface area contributed by atoms with E-state index in [0.29, 0.717) is 6.54 Å². The normalized spacial score (nSPS) is 27.5. The molecule has 1 heterocycles. The number of nitrogens with one attached hydrogen (secondary N) is 1. The largest absolute Gasteiger partial charge is 0.468 e. The molecule has 15 heavy (non-hydrogen) atoms. The Bertz CT molecular complexity index is 271. The van der Waals surface area contributed by atoms with Crippen molar-refractivity contribution < 1.29 is 9.52 Å². The third-order valence-corrected chi connectivity index (χ3v) is 3.10. The predicted octanol–water partition coefficient (Wildman–Crippen LogP) is 2.06. The van der Waals surface area contributed by atoms with Crippen molar-refractivity contribution in [1.82, 2.24) is 5.32 Å². The molecule has 0 radical (unpaired) electrons. The van der Waals surface area contributed by atoms with E-state index in [0.717, 1.165) is 25.0 Å². The van der Waals surface area contributed by atoms with Crippen LogP contribution in [-0.2, 0) is 6.54 Å². The average Bonchev–Trinajstić information content (AvgIpc) is 2.67. The van der Waals surface area contributed by atoms with Crippen LogP contribution in [0.15, 0.2) is 22.8 Å². The number of furan rings is 1. The Morgan fingerprint density at radius 3 is 3.00 bits per heavy atom. The van der Waals surface area contributed by atoms with Crippen LogP contribution in [0.25, 0.3) is 0 Å². The first-order valence-corrected chi connectivity index (χ1v) is 5.80. The molecule has 2 N–H and O–H groups in total. The Kier molecular flexibility index (Phi) is 3.80.